The number of ketones is 1. The molecule has 3 heterocycles. The third-order valence-electron chi connectivity index (χ3n) is 7.70. The van der Waals surface area contributed by atoms with E-state index in [-0.39, 0.29) is 30.3 Å². The number of fused-ring (bicyclic) bond motifs is 1. The number of nitriles is 1. The molecule has 2 aliphatic rings. The molecule has 2 fully saturated rings. The summed E-state index contributed by atoms with van der Waals surface area (Å²) in [4.78, 5) is 43.5. The van der Waals surface area contributed by atoms with E-state index in [9.17, 15) is 19.6 Å². The van der Waals surface area contributed by atoms with Crippen LogP contribution in [0, 0.1) is 17.2 Å². The Morgan fingerprint density at radius 1 is 1.17 bits per heavy atom. The van der Waals surface area contributed by atoms with Crippen LogP contribution in [0.25, 0.3) is 5.52 Å². The third-order valence-corrected chi connectivity index (χ3v) is 7.70. The number of ether oxygens (including phenoxy) is 3. The Bertz CT molecular complexity index is 1460. The maximum absolute atomic E-state index is 13.9. The van der Waals surface area contributed by atoms with Gasteiger partial charge in [-0.3, -0.25) is 14.4 Å². The number of rotatable bonds is 9. The number of aromatic nitrogens is 3. The number of nitrogen functional groups attached to an aromatic ring is 1. The Kier molecular flexibility index (Phi) is 8.28. The van der Waals surface area contributed by atoms with Crippen LogP contribution in [0.2, 0.25) is 0 Å². The predicted octanol–water partition coefficient (Wildman–Crippen LogP) is 1.99. The van der Waals surface area contributed by atoms with E-state index in [4.69, 9.17) is 25.7 Å². The van der Waals surface area contributed by atoms with E-state index in [1.54, 1.807) is 6.07 Å². The Labute approximate surface area is 236 Å². The van der Waals surface area contributed by atoms with Crippen molar-refractivity contribution in [3.63, 3.8) is 0 Å². The van der Waals surface area contributed by atoms with Crippen molar-refractivity contribution in [1.29, 1.82) is 5.26 Å². The number of nitrogens with zero attached hydrogens (tertiary/aromatic N) is 4. The molecule has 5 rings (SSSR count). The molecule has 3 aromatic rings. The fourth-order valence-corrected chi connectivity index (χ4v) is 5.55. The van der Waals surface area contributed by atoms with Crippen LogP contribution in [0.1, 0.15) is 49.8 Å². The van der Waals surface area contributed by atoms with Crippen molar-refractivity contribution >= 4 is 29.1 Å². The number of carbonyl (C=O) groups excluding carboxylic acids is 3. The topological polar surface area (TPSA) is 185 Å². The van der Waals surface area contributed by atoms with Crippen LogP contribution in [0.15, 0.2) is 48.8 Å². The van der Waals surface area contributed by atoms with Crippen molar-refractivity contribution in [3.05, 3.63) is 60.0 Å². The molecule has 1 saturated heterocycles. The van der Waals surface area contributed by atoms with Gasteiger partial charge >= 0.3 is 11.9 Å². The van der Waals surface area contributed by atoms with E-state index < -0.39 is 48.2 Å². The molecule has 1 saturated carbocycles. The first kappa shape index (κ1) is 28.2. The maximum Gasteiger partial charge on any atom is 0.323 e. The summed E-state index contributed by atoms with van der Waals surface area (Å²) in [5.41, 5.74) is 11.1. The molecule has 0 bridgehead atoms. The van der Waals surface area contributed by atoms with Gasteiger partial charge in [0.25, 0.3) is 5.60 Å². The van der Waals surface area contributed by atoms with E-state index in [2.05, 4.69) is 10.1 Å². The van der Waals surface area contributed by atoms with Crippen molar-refractivity contribution < 1.29 is 28.6 Å². The molecule has 1 aromatic carbocycles. The second-order valence-electron chi connectivity index (χ2n) is 10.5. The normalized spacial score (nSPS) is 23.7. The number of anilines is 1. The molecular formula is C29H32N6O6. The van der Waals surface area contributed by atoms with Gasteiger partial charge in [0.2, 0.25) is 5.78 Å². The van der Waals surface area contributed by atoms with Gasteiger partial charge < -0.3 is 25.7 Å². The highest BCUT2D eigenvalue weighted by molar-refractivity contribution is 5.98. The van der Waals surface area contributed by atoms with Gasteiger partial charge in [0.1, 0.15) is 36.7 Å². The summed E-state index contributed by atoms with van der Waals surface area (Å²) in [5, 5.41) is 14.4. The molecular weight excluding hydrogens is 528 g/mol. The van der Waals surface area contributed by atoms with Crippen molar-refractivity contribution in [2.45, 2.75) is 68.8 Å². The van der Waals surface area contributed by atoms with Crippen LogP contribution in [-0.2, 0) is 40.6 Å². The van der Waals surface area contributed by atoms with Gasteiger partial charge in [-0.05, 0) is 42.9 Å². The van der Waals surface area contributed by atoms with Gasteiger partial charge in [0, 0.05) is 6.42 Å². The number of Topliss-reactive ketones (excluding diaryl/α,β-unsaturated/α-hetero) is 1. The van der Waals surface area contributed by atoms with E-state index >= 15 is 0 Å². The maximum atomic E-state index is 13.9. The first-order chi connectivity index (χ1) is 19.8. The van der Waals surface area contributed by atoms with E-state index in [0.717, 1.165) is 37.7 Å². The van der Waals surface area contributed by atoms with Crippen molar-refractivity contribution in [1.82, 2.24) is 14.6 Å². The molecule has 4 N–H and O–H groups in total. The van der Waals surface area contributed by atoms with Crippen LogP contribution < -0.4 is 11.5 Å². The molecule has 12 nitrogen and oxygen atoms in total. The lowest BCUT2D eigenvalue weighted by molar-refractivity contribution is -0.161. The summed E-state index contributed by atoms with van der Waals surface area (Å²) in [7, 11) is 0. The van der Waals surface area contributed by atoms with Crippen LogP contribution in [-0.4, -0.2) is 57.2 Å². The molecule has 1 aliphatic heterocycles. The van der Waals surface area contributed by atoms with Crippen LogP contribution in [0.5, 0.6) is 0 Å². The van der Waals surface area contributed by atoms with E-state index in [1.807, 2.05) is 36.4 Å². The standard InChI is InChI=1S/C29H32N6O6/c30-16-29(23-12-11-21-27(32)33-17-34-35(21)23)26(37)25(40-24(36)14-19-9-5-2-6-10-19)22(41-29)15-39-28(38)20(31)13-18-7-3-1-4-8-18/h1,3-4,7-8,11-12,17,19-20,22,25H,2,5-6,9-10,13-15,31H2,(H2,32,33,34)/t20-,22?,25+,29-/m0/s1. The number of nitrogens with two attached hydrogens (primary N) is 2. The molecule has 214 valence electrons. The summed E-state index contributed by atoms with van der Waals surface area (Å²) in [6.07, 6.45) is 3.84. The van der Waals surface area contributed by atoms with E-state index in [0.29, 0.717) is 5.52 Å². The van der Waals surface area contributed by atoms with Crippen molar-refractivity contribution in [2.75, 3.05) is 12.3 Å². The number of hydrogen-bond acceptors (Lipinski definition) is 11. The smallest absolute Gasteiger partial charge is 0.323 e. The number of benzene rings is 1. The Morgan fingerprint density at radius 3 is 2.66 bits per heavy atom. The minimum Gasteiger partial charge on any atom is -0.462 e. The van der Waals surface area contributed by atoms with Crippen molar-refractivity contribution in [2.24, 2.45) is 11.7 Å². The van der Waals surface area contributed by atoms with Crippen LogP contribution in [0.4, 0.5) is 5.82 Å². The molecule has 1 unspecified atom stereocenters. The second-order valence-corrected chi connectivity index (χ2v) is 10.5. The molecule has 12 heteroatoms. The Hall–Kier alpha value is -4.34. The van der Waals surface area contributed by atoms with Gasteiger partial charge in [0.15, 0.2) is 11.9 Å². The number of hydrogen-bond donors (Lipinski definition) is 2. The molecule has 1 aliphatic carbocycles. The molecule has 0 spiro atoms. The fraction of sp³-hybridized carbons (Fsp3) is 0.448. The second kappa shape index (κ2) is 12.0. The predicted molar refractivity (Wildman–Crippen MR) is 145 cm³/mol. The fourth-order valence-electron chi connectivity index (χ4n) is 5.55. The number of carbonyl (C=O) groups is 3. The lowest BCUT2D eigenvalue weighted by Crippen LogP contribution is -2.40. The molecule has 0 amide bonds. The van der Waals surface area contributed by atoms with Crippen molar-refractivity contribution in [3.8, 4) is 6.07 Å². The largest absolute Gasteiger partial charge is 0.462 e. The molecule has 4 atom stereocenters. The monoisotopic (exact) mass is 560 g/mol. The average Bonchev–Trinajstić information content (AvgIpc) is 3.53. The van der Waals surface area contributed by atoms with Crippen LogP contribution >= 0.6 is 0 Å². The zero-order valence-corrected chi connectivity index (χ0v) is 22.5. The van der Waals surface area contributed by atoms with Gasteiger partial charge in [-0.1, -0.05) is 49.6 Å². The zero-order chi connectivity index (χ0) is 29.0. The highest BCUT2D eigenvalue weighted by atomic mass is 16.6. The van der Waals surface area contributed by atoms with Gasteiger partial charge in [-0.25, -0.2) is 9.50 Å². The zero-order valence-electron chi connectivity index (χ0n) is 22.5. The first-order valence-corrected chi connectivity index (χ1v) is 13.7. The average molecular weight is 561 g/mol. The highest BCUT2D eigenvalue weighted by Crippen LogP contribution is 2.39. The Balaban J connectivity index is 1.37. The summed E-state index contributed by atoms with van der Waals surface area (Å²) in [6, 6.07) is 13.2. The lowest BCUT2D eigenvalue weighted by atomic mass is 9.87. The Morgan fingerprint density at radius 2 is 1.93 bits per heavy atom. The summed E-state index contributed by atoms with van der Waals surface area (Å²) in [6.45, 7) is -0.460. The van der Waals surface area contributed by atoms with Crippen LogP contribution in [0.3, 0.4) is 0 Å². The molecule has 2 aromatic heterocycles. The van der Waals surface area contributed by atoms with E-state index in [1.165, 1.54) is 16.9 Å². The highest BCUT2D eigenvalue weighted by Gasteiger charge is 2.60. The van der Waals surface area contributed by atoms with Gasteiger partial charge in [-0.15, -0.1) is 0 Å². The summed E-state index contributed by atoms with van der Waals surface area (Å²) < 4.78 is 18.4. The summed E-state index contributed by atoms with van der Waals surface area (Å²) in [5.74, 6) is -1.80. The molecule has 41 heavy (non-hydrogen) atoms. The van der Waals surface area contributed by atoms with Gasteiger partial charge in [-0.2, -0.15) is 10.4 Å². The first-order valence-electron chi connectivity index (χ1n) is 13.7. The summed E-state index contributed by atoms with van der Waals surface area (Å²) >= 11 is 0. The molecule has 0 radical (unpaired) electrons. The lowest BCUT2D eigenvalue weighted by Gasteiger charge is -2.22. The SMILES string of the molecule is N#C[C@@]1(c2ccc3c(N)ncnn23)OC(COC(=O)[C@@H](N)Cc2ccccc2)[C@@H](OC(=O)CC2CCCCC2)C1=O. The number of esters is 2. The van der Waals surface area contributed by atoms with Gasteiger partial charge in [0.05, 0.1) is 5.69 Å². The third kappa shape index (κ3) is 5.77. The minimum absolute atomic E-state index is 0.0667. The minimum atomic E-state index is -2.20. The quantitative estimate of drug-likeness (QED) is 0.365.